The average molecular weight is 400 g/mol. The van der Waals surface area contributed by atoms with E-state index in [1.807, 2.05) is 66.2 Å². The normalized spacial score (nSPS) is 11.2. The Balaban J connectivity index is 1.38. The van der Waals surface area contributed by atoms with Gasteiger partial charge in [0.25, 0.3) is 5.89 Å². The molecule has 0 aliphatic rings. The molecule has 3 heterocycles. The standard InChI is InChI=1S/C21H16N6OS/c1-14-6-5-7-15(10-14)20-25-18(26-28-20)12-29-21-17-11-24-27(19(17)22-13-23-21)16-8-3-2-4-9-16/h2-11,13H,12H2,1H3. The summed E-state index contributed by atoms with van der Waals surface area (Å²) in [5.41, 5.74) is 3.79. The molecule has 0 amide bonds. The third-order valence-corrected chi connectivity index (χ3v) is 5.40. The maximum Gasteiger partial charge on any atom is 0.257 e. The van der Waals surface area contributed by atoms with Gasteiger partial charge in [-0.2, -0.15) is 10.1 Å². The summed E-state index contributed by atoms with van der Waals surface area (Å²) < 4.78 is 7.23. The average Bonchev–Trinajstić information content (AvgIpc) is 3.40. The highest BCUT2D eigenvalue weighted by atomic mass is 32.2. The van der Waals surface area contributed by atoms with Crippen molar-refractivity contribution in [3.63, 3.8) is 0 Å². The molecular weight excluding hydrogens is 384 g/mol. The molecule has 5 aromatic rings. The summed E-state index contributed by atoms with van der Waals surface area (Å²) in [6, 6.07) is 17.9. The van der Waals surface area contributed by atoms with Gasteiger partial charge in [0, 0.05) is 5.56 Å². The van der Waals surface area contributed by atoms with E-state index >= 15 is 0 Å². The summed E-state index contributed by atoms with van der Waals surface area (Å²) in [5.74, 6) is 1.68. The first kappa shape index (κ1) is 17.6. The lowest BCUT2D eigenvalue weighted by molar-refractivity contribution is 0.425. The molecule has 0 bridgehead atoms. The quantitative estimate of drug-likeness (QED) is 0.318. The smallest absolute Gasteiger partial charge is 0.257 e. The number of nitrogens with zero attached hydrogens (tertiary/aromatic N) is 6. The van der Waals surface area contributed by atoms with Gasteiger partial charge in [-0.3, -0.25) is 0 Å². The lowest BCUT2D eigenvalue weighted by Gasteiger charge is -2.03. The Bertz CT molecular complexity index is 1280. The molecule has 0 radical (unpaired) electrons. The largest absolute Gasteiger partial charge is 0.334 e. The van der Waals surface area contributed by atoms with E-state index < -0.39 is 0 Å². The van der Waals surface area contributed by atoms with E-state index in [1.165, 1.54) is 11.8 Å². The van der Waals surface area contributed by atoms with Gasteiger partial charge in [-0.1, -0.05) is 52.8 Å². The first-order chi connectivity index (χ1) is 14.3. The second-order valence-electron chi connectivity index (χ2n) is 6.48. The number of benzene rings is 2. The highest BCUT2D eigenvalue weighted by molar-refractivity contribution is 7.98. The monoisotopic (exact) mass is 400 g/mol. The van der Waals surface area contributed by atoms with Crippen molar-refractivity contribution in [1.29, 1.82) is 0 Å². The minimum absolute atomic E-state index is 0.522. The first-order valence-electron chi connectivity index (χ1n) is 9.04. The van der Waals surface area contributed by atoms with Crippen LogP contribution in [-0.2, 0) is 5.75 Å². The van der Waals surface area contributed by atoms with Gasteiger partial charge in [0.15, 0.2) is 11.5 Å². The summed E-state index contributed by atoms with van der Waals surface area (Å²) in [6.45, 7) is 2.03. The zero-order chi connectivity index (χ0) is 19.6. The molecule has 0 fully saturated rings. The first-order valence-corrected chi connectivity index (χ1v) is 10.0. The fourth-order valence-electron chi connectivity index (χ4n) is 3.04. The molecule has 2 aromatic carbocycles. The van der Waals surface area contributed by atoms with Crippen molar-refractivity contribution in [3.8, 4) is 17.1 Å². The molecule has 8 heteroatoms. The van der Waals surface area contributed by atoms with Crippen LogP contribution in [0.2, 0.25) is 0 Å². The Morgan fingerprint density at radius 2 is 1.93 bits per heavy atom. The van der Waals surface area contributed by atoms with Crippen LogP contribution in [0.4, 0.5) is 0 Å². The van der Waals surface area contributed by atoms with Crippen molar-refractivity contribution < 1.29 is 4.52 Å². The summed E-state index contributed by atoms with van der Waals surface area (Å²) in [7, 11) is 0. The maximum absolute atomic E-state index is 5.42. The van der Waals surface area contributed by atoms with Gasteiger partial charge in [-0.05, 0) is 31.2 Å². The van der Waals surface area contributed by atoms with E-state index in [9.17, 15) is 0 Å². The van der Waals surface area contributed by atoms with Crippen LogP contribution in [0.25, 0.3) is 28.2 Å². The highest BCUT2D eigenvalue weighted by Gasteiger charge is 2.14. The van der Waals surface area contributed by atoms with Gasteiger partial charge in [-0.15, -0.1) is 0 Å². The predicted octanol–water partition coefficient (Wildman–Crippen LogP) is 4.47. The lowest BCUT2D eigenvalue weighted by Crippen LogP contribution is -1.97. The highest BCUT2D eigenvalue weighted by Crippen LogP contribution is 2.28. The molecule has 0 N–H and O–H groups in total. The van der Waals surface area contributed by atoms with E-state index in [2.05, 4.69) is 25.2 Å². The van der Waals surface area contributed by atoms with Gasteiger partial charge in [0.1, 0.15) is 11.4 Å². The molecule has 29 heavy (non-hydrogen) atoms. The summed E-state index contributed by atoms with van der Waals surface area (Å²) in [6.07, 6.45) is 3.35. The van der Waals surface area contributed by atoms with E-state index in [0.29, 0.717) is 17.5 Å². The van der Waals surface area contributed by atoms with Crippen molar-refractivity contribution in [2.45, 2.75) is 17.7 Å². The van der Waals surface area contributed by atoms with Crippen LogP contribution >= 0.6 is 11.8 Å². The van der Waals surface area contributed by atoms with Crippen molar-refractivity contribution in [3.05, 3.63) is 78.5 Å². The Kier molecular flexibility index (Phi) is 4.53. The van der Waals surface area contributed by atoms with Crippen LogP contribution in [-0.4, -0.2) is 29.9 Å². The number of thioether (sulfide) groups is 1. The summed E-state index contributed by atoms with van der Waals surface area (Å²) in [5, 5.41) is 10.3. The zero-order valence-corrected chi connectivity index (χ0v) is 16.4. The summed E-state index contributed by atoms with van der Waals surface area (Å²) in [4.78, 5) is 13.3. The van der Waals surface area contributed by atoms with Crippen molar-refractivity contribution in [1.82, 2.24) is 29.9 Å². The zero-order valence-electron chi connectivity index (χ0n) is 15.6. The molecule has 0 unspecified atom stereocenters. The van der Waals surface area contributed by atoms with Gasteiger partial charge in [0.05, 0.1) is 23.0 Å². The van der Waals surface area contributed by atoms with E-state index in [4.69, 9.17) is 4.52 Å². The molecule has 7 nitrogen and oxygen atoms in total. The number of rotatable bonds is 5. The van der Waals surface area contributed by atoms with E-state index in [-0.39, 0.29) is 0 Å². The predicted molar refractivity (Wildman–Crippen MR) is 111 cm³/mol. The topological polar surface area (TPSA) is 82.5 Å². The molecule has 0 saturated heterocycles. The van der Waals surface area contributed by atoms with Crippen LogP contribution in [0, 0.1) is 6.92 Å². The van der Waals surface area contributed by atoms with Crippen LogP contribution in [0.3, 0.4) is 0 Å². The second-order valence-corrected chi connectivity index (χ2v) is 7.45. The number of aromatic nitrogens is 6. The van der Waals surface area contributed by atoms with Crippen LogP contribution in [0.1, 0.15) is 11.4 Å². The maximum atomic E-state index is 5.42. The Labute approximate surface area is 170 Å². The molecule has 3 aromatic heterocycles. The van der Waals surface area contributed by atoms with Gasteiger partial charge in [0.2, 0.25) is 0 Å². The molecule has 0 saturated carbocycles. The Morgan fingerprint density at radius 1 is 1.03 bits per heavy atom. The lowest BCUT2D eigenvalue weighted by atomic mass is 10.1. The number of fused-ring (bicyclic) bond motifs is 1. The third-order valence-electron chi connectivity index (χ3n) is 4.40. The van der Waals surface area contributed by atoms with E-state index in [1.54, 1.807) is 12.5 Å². The fraction of sp³-hybridized carbons (Fsp3) is 0.0952. The fourth-order valence-corrected chi connectivity index (χ4v) is 3.84. The minimum Gasteiger partial charge on any atom is -0.334 e. The van der Waals surface area contributed by atoms with Gasteiger partial charge < -0.3 is 4.52 Å². The van der Waals surface area contributed by atoms with Crippen molar-refractivity contribution in [2.24, 2.45) is 0 Å². The Morgan fingerprint density at radius 3 is 2.79 bits per heavy atom. The third kappa shape index (κ3) is 3.50. The van der Waals surface area contributed by atoms with Crippen molar-refractivity contribution in [2.75, 3.05) is 0 Å². The molecule has 0 atom stereocenters. The van der Waals surface area contributed by atoms with Gasteiger partial charge in [-0.25, -0.2) is 14.6 Å². The Hall–Kier alpha value is -3.52. The van der Waals surface area contributed by atoms with Crippen LogP contribution in [0.5, 0.6) is 0 Å². The molecule has 142 valence electrons. The number of aryl methyl sites for hydroxylation is 1. The molecule has 0 spiro atoms. The number of para-hydroxylation sites is 1. The van der Waals surface area contributed by atoms with E-state index in [0.717, 1.165) is 32.9 Å². The van der Waals surface area contributed by atoms with Crippen molar-refractivity contribution >= 4 is 22.8 Å². The van der Waals surface area contributed by atoms with Crippen LogP contribution in [0.15, 0.2) is 76.7 Å². The van der Waals surface area contributed by atoms with Gasteiger partial charge >= 0.3 is 0 Å². The molecule has 0 aliphatic carbocycles. The molecule has 5 rings (SSSR count). The van der Waals surface area contributed by atoms with Crippen LogP contribution < -0.4 is 0 Å². The molecule has 0 aliphatic heterocycles. The molecular formula is C21H16N6OS. The second kappa shape index (κ2) is 7.48. The number of hydrogen-bond acceptors (Lipinski definition) is 7. The summed E-state index contributed by atoms with van der Waals surface area (Å²) >= 11 is 1.53. The number of hydrogen-bond donors (Lipinski definition) is 0. The minimum atomic E-state index is 0.522. The SMILES string of the molecule is Cc1cccc(-c2nc(CSc3ncnc4c3cnn4-c3ccccc3)no2)c1.